The number of nitriles is 1. The second-order valence-electron chi connectivity index (χ2n) is 6.84. The molecule has 0 radical (unpaired) electrons. The van der Waals surface area contributed by atoms with Gasteiger partial charge in [0.15, 0.2) is 5.69 Å². The van der Waals surface area contributed by atoms with Gasteiger partial charge in [-0.25, -0.2) is 4.79 Å². The van der Waals surface area contributed by atoms with Crippen molar-refractivity contribution in [2.24, 2.45) is 17.2 Å². The molecular formula is C25H36F3N7O2. The van der Waals surface area contributed by atoms with Crippen LogP contribution in [-0.2, 0) is 12.7 Å². The monoisotopic (exact) mass is 523 g/mol. The molecule has 0 bridgehead atoms. The number of nitrogens with two attached hydrogens (primary N) is 3. The van der Waals surface area contributed by atoms with E-state index in [2.05, 4.69) is 52.8 Å². The Labute approximate surface area is 215 Å². The second kappa shape index (κ2) is 20.1. The third-order valence-corrected chi connectivity index (χ3v) is 4.07. The summed E-state index contributed by atoms with van der Waals surface area (Å²) in [5.41, 5.74) is 14.2. The molecule has 1 aromatic carbocycles. The Morgan fingerprint density at radius 3 is 2.19 bits per heavy atom. The Hall–Kier alpha value is -4.11. The Morgan fingerprint density at radius 2 is 1.70 bits per heavy atom. The maximum atomic E-state index is 12.4. The number of carbonyl (C=O) groups excluding carboxylic acids is 2. The molecule has 1 aliphatic rings. The minimum atomic E-state index is -4.57. The summed E-state index contributed by atoms with van der Waals surface area (Å²) in [6.45, 7) is 6.28. The number of benzene rings is 1. The average Bonchev–Trinajstić information content (AvgIpc) is 3.27. The summed E-state index contributed by atoms with van der Waals surface area (Å²) >= 11 is 0. The van der Waals surface area contributed by atoms with E-state index in [0.29, 0.717) is 17.2 Å². The van der Waals surface area contributed by atoms with E-state index in [1.54, 1.807) is 29.4 Å². The number of amides is 3. The fourth-order valence-electron chi connectivity index (χ4n) is 2.46. The van der Waals surface area contributed by atoms with Crippen LogP contribution in [0.15, 0.2) is 54.1 Å². The van der Waals surface area contributed by atoms with E-state index in [9.17, 15) is 18.0 Å². The van der Waals surface area contributed by atoms with E-state index >= 15 is 0 Å². The van der Waals surface area contributed by atoms with Crippen LogP contribution >= 0.6 is 0 Å². The summed E-state index contributed by atoms with van der Waals surface area (Å²) in [7, 11) is 1.50. The van der Waals surface area contributed by atoms with Gasteiger partial charge in [0.2, 0.25) is 0 Å². The number of allylic oxidation sites excluding steroid dienone is 4. The zero-order valence-electron chi connectivity index (χ0n) is 21.5. The normalized spacial score (nSPS) is 11.5. The van der Waals surface area contributed by atoms with Gasteiger partial charge in [-0.15, -0.1) is 0 Å². The van der Waals surface area contributed by atoms with Crippen molar-refractivity contribution in [1.82, 2.24) is 15.5 Å². The highest BCUT2D eigenvalue weighted by Crippen LogP contribution is 2.27. The van der Waals surface area contributed by atoms with Crippen LogP contribution in [-0.4, -0.2) is 29.2 Å². The largest absolute Gasteiger partial charge is 0.432 e. The molecule has 3 amide bonds. The molecule has 0 unspecified atom stereocenters. The maximum Gasteiger partial charge on any atom is 0.432 e. The van der Waals surface area contributed by atoms with Gasteiger partial charge in [0.25, 0.3) is 5.91 Å². The molecular weight excluding hydrogens is 487 g/mol. The molecule has 204 valence electrons. The highest BCUT2D eigenvalue weighted by atomic mass is 19.4. The highest BCUT2D eigenvalue weighted by molar-refractivity contribution is 5.92. The number of aromatic nitrogens is 2. The number of aromatic amines is 1. The number of carbonyl (C=O) groups is 2. The van der Waals surface area contributed by atoms with Gasteiger partial charge in [-0.05, 0) is 50.9 Å². The van der Waals surface area contributed by atoms with Crippen molar-refractivity contribution in [3.63, 3.8) is 0 Å². The van der Waals surface area contributed by atoms with Crippen molar-refractivity contribution in [3.8, 4) is 6.07 Å². The second-order valence-corrected chi connectivity index (χ2v) is 6.84. The number of urea groups is 1. The third-order valence-electron chi connectivity index (χ3n) is 4.07. The lowest BCUT2D eigenvalue weighted by Crippen LogP contribution is -2.23. The van der Waals surface area contributed by atoms with Crippen molar-refractivity contribution < 1.29 is 22.8 Å². The van der Waals surface area contributed by atoms with Gasteiger partial charge in [-0.1, -0.05) is 49.8 Å². The Morgan fingerprint density at radius 1 is 1.14 bits per heavy atom. The molecule has 8 N–H and O–H groups in total. The van der Waals surface area contributed by atoms with Crippen LogP contribution in [0.4, 0.5) is 18.0 Å². The lowest BCUT2D eigenvalue weighted by Gasteiger charge is -2.03. The molecule has 12 heteroatoms. The number of primary amides is 2. The molecule has 0 aliphatic heterocycles. The van der Waals surface area contributed by atoms with Crippen LogP contribution in [0.5, 0.6) is 0 Å². The zero-order chi connectivity index (χ0) is 28.9. The average molecular weight is 524 g/mol. The number of nitrogens with one attached hydrogen (secondary N) is 2. The molecule has 0 saturated heterocycles. The van der Waals surface area contributed by atoms with Crippen LogP contribution in [0.25, 0.3) is 0 Å². The molecule has 0 atom stereocenters. The summed E-state index contributed by atoms with van der Waals surface area (Å²) in [5, 5.41) is 16.2. The lowest BCUT2D eigenvalue weighted by molar-refractivity contribution is -0.141. The summed E-state index contributed by atoms with van der Waals surface area (Å²) in [5.74, 6) is -0.717. The molecule has 1 heterocycles. The third kappa shape index (κ3) is 17.0. The van der Waals surface area contributed by atoms with Crippen molar-refractivity contribution in [1.29, 1.82) is 5.26 Å². The Kier molecular flexibility index (Phi) is 19.1. The molecule has 2 aromatic rings. The molecule has 1 aromatic heterocycles. The highest BCUT2D eigenvalue weighted by Gasteiger charge is 2.33. The summed E-state index contributed by atoms with van der Waals surface area (Å²) < 4.78 is 37.1. The SMILES string of the molecule is CC.CC1=CCCCC=C1.CN.N#Cc1ccc(CNC(=O)c2cc(C(F)(F)F)[nH]n2)cc1.NC(N)=O. The fourth-order valence-corrected chi connectivity index (χ4v) is 2.46. The lowest BCUT2D eigenvalue weighted by atomic mass is 10.1. The van der Waals surface area contributed by atoms with E-state index in [1.807, 2.05) is 19.9 Å². The number of hydrogen-bond acceptors (Lipinski definition) is 5. The van der Waals surface area contributed by atoms with Crippen molar-refractivity contribution in [2.75, 3.05) is 7.05 Å². The summed E-state index contributed by atoms with van der Waals surface area (Å²) in [4.78, 5) is 20.7. The molecule has 37 heavy (non-hydrogen) atoms. The molecule has 3 rings (SSSR count). The molecule has 0 fully saturated rings. The van der Waals surface area contributed by atoms with E-state index in [1.165, 1.54) is 31.9 Å². The molecule has 0 saturated carbocycles. The summed E-state index contributed by atoms with van der Waals surface area (Å²) in [6.07, 6.45) is 6.02. The van der Waals surface area contributed by atoms with Crippen LogP contribution in [0.1, 0.15) is 67.3 Å². The number of halogens is 3. The number of H-pyrrole nitrogens is 1. The first-order chi connectivity index (χ1) is 17.5. The van der Waals surface area contributed by atoms with Crippen molar-refractivity contribution >= 4 is 11.9 Å². The summed E-state index contributed by atoms with van der Waals surface area (Å²) in [6, 6.07) is 8.22. The zero-order valence-corrected chi connectivity index (χ0v) is 21.5. The Balaban J connectivity index is 0. The number of rotatable bonds is 3. The van der Waals surface area contributed by atoms with Gasteiger partial charge < -0.3 is 22.5 Å². The van der Waals surface area contributed by atoms with Gasteiger partial charge in [0.1, 0.15) is 5.69 Å². The Bertz CT molecular complexity index is 1020. The standard InChI is InChI=1S/C13H9F3N4O.C8H12.C2H6.CH4N2O.CH5N/c14-13(15,16)11-5-10(19-20-11)12(21)18-7-9-3-1-8(6-17)2-4-9;1-8-6-4-2-3-5-7-8;1-2;2-1(3)4;1-2/h1-5H,7H2,(H,18,21)(H,19,20);4,6-7H,2-3,5H2,1H3;1-2H3;(H4,2,3,4);2H2,1H3. The quantitative estimate of drug-likeness (QED) is 0.396. The van der Waals surface area contributed by atoms with Gasteiger partial charge >= 0.3 is 12.2 Å². The van der Waals surface area contributed by atoms with E-state index < -0.39 is 23.8 Å². The maximum absolute atomic E-state index is 12.4. The minimum Gasteiger partial charge on any atom is -0.352 e. The van der Waals surface area contributed by atoms with E-state index in [-0.39, 0.29) is 12.2 Å². The van der Waals surface area contributed by atoms with E-state index in [4.69, 9.17) is 10.1 Å². The number of nitrogens with zero attached hydrogens (tertiary/aromatic N) is 2. The topological polar surface area (TPSA) is 177 Å². The van der Waals surface area contributed by atoms with Gasteiger partial charge in [-0.2, -0.15) is 23.5 Å². The van der Waals surface area contributed by atoms with Crippen molar-refractivity contribution in [2.45, 2.75) is 52.8 Å². The molecule has 1 aliphatic carbocycles. The fraction of sp³-hybridized carbons (Fsp3) is 0.360. The first-order valence-electron chi connectivity index (χ1n) is 11.4. The van der Waals surface area contributed by atoms with E-state index in [0.717, 1.165) is 0 Å². The predicted molar refractivity (Wildman–Crippen MR) is 138 cm³/mol. The first-order valence-corrected chi connectivity index (χ1v) is 11.4. The van der Waals surface area contributed by atoms with Gasteiger partial charge in [0.05, 0.1) is 11.6 Å². The van der Waals surface area contributed by atoms with Crippen LogP contribution in [0, 0.1) is 11.3 Å². The minimum absolute atomic E-state index is 0.124. The molecule has 0 spiro atoms. The van der Waals surface area contributed by atoms with Gasteiger partial charge in [-0.3, -0.25) is 9.89 Å². The van der Waals surface area contributed by atoms with Crippen molar-refractivity contribution in [3.05, 3.63) is 76.6 Å². The number of alkyl halides is 3. The predicted octanol–water partition coefficient (Wildman–Crippen LogP) is 4.53. The van der Waals surface area contributed by atoms with Crippen LogP contribution < -0.4 is 22.5 Å². The van der Waals surface area contributed by atoms with Crippen LogP contribution in [0.2, 0.25) is 0 Å². The molecule has 9 nitrogen and oxygen atoms in total. The van der Waals surface area contributed by atoms with Crippen LogP contribution in [0.3, 0.4) is 0 Å². The smallest absolute Gasteiger partial charge is 0.352 e. The first kappa shape index (κ1) is 35.1. The number of hydrogen-bond donors (Lipinski definition) is 5. The van der Waals surface area contributed by atoms with Gasteiger partial charge in [0, 0.05) is 12.6 Å².